The first-order chi connectivity index (χ1) is 8.56. The summed E-state index contributed by atoms with van der Waals surface area (Å²) in [4.78, 5) is 15.4. The molecule has 4 N–H and O–H groups in total. The number of nitrogens with two attached hydrogens (primary N) is 2. The summed E-state index contributed by atoms with van der Waals surface area (Å²) >= 11 is 1.38. The van der Waals surface area contributed by atoms with Gasteiger partial charge in [0.15, 0.2) is 5.17 Å². The van der Waals surface area contributed by atoms with E-state index in [1.165, 1.54) is 18.9 Å². The van der Waals surface area contributed by atoms with Gasteiger partial charge in [-0.3, -0.25) is 4.79 Å². The molecule has 0 aliphatic rings. The lowest BCUT2D eigenvalue weighted by Crippen LogP contribution is -2.33. The molecule has 18 heavy (non-hydrogen) atoms. The van der Waals surface area contributed by atoms with Crippen LogP contribution < -0.4 is 11.5 Å². The Hall–Kier alpha value is -1.53. The van der Waals surface area contributed by atoms with Crippen molar-refractivity contribution in [3.8, 4) is 0 Å². The van der Waals surface area contributed by atoms with Crippen LogP contribution in [0.1, 0.15) is 5.56 Å². The van der Waals surface area contributed by atoms with Crippen molar-refractivity contribution in [1.82, 2.24) is 0 Å². The molecule has 0 radical (unpaired) electrons. The fourth-order valence-electron chi connectivity index (χ4n) is 1.41. The van der Waals surface area contributed by atoms with Crippen LogP contribution >= 0.6 is 11.8 Å². The number of esters is 1. The van der Waals surface area contributed by atoms with Gasteiger partial charge >= 0.3 is 5.97 Å². The lowest BCUT2D eigenvalue weighted by Gasteiger charge is -2.09. The number of benzene rings is 1. The zero-order valence-electron chi connectivity index (χ0n) is 10.4. The minimum absolute atomic E-state index is 0.412. The summed E-state index contributed by atoms with van der Waals surface area (Å²) in [5.74, 6) is -0.424. The van der Waals surface area contributed by atoms with Gasteiger partial charge in [-0.2, -0.15) is 0 Å². The highest BCUT2D eigenvalue weighted by atomic mass is 32.2. The second kappa shape index (κ2) is 7.03. The highest BCUT2D eigenvalue weighted by Gasteiger charge is 2.14. The average molecular weight is 267 g/mol. The molecule has 0 amide bonds. The molecule has 0 bridgehead atoms. The molecule has 0 saturated carbocycles. The first-order valence-corrected chi connectivity index (χ1v) is 6.59. The zero-order valence-corrected chi connectivity index (χ0v) is 11.2. The van der Waals surface area contributed by atoms with E-state index < -0.39 is 12.0 Å². The van der Waals surface area contributed by atoms with Gasteiger partial charge in [0.25, 0.3) is 0 Å². The SMILES string of the molecule is COC(=O)C(N)Cc1cccc(N=C(N)SC)c1. The lowest BCUT2D eigenvalue weighted by atomic mass is 10.1. The van der Waals surface area contributed by atoms with Crippen LogP contribution in [-0.2, 0) is 16.0 Å². The Balaban J connectivity index is 2.80. The lowest BCUT2D eigenvalue weighted by molar-refractivity contribution is -0.142. The molecule has 0 aliphatic carbocycles. The summed E-state index contributed by atoms with van der Waals surface area (Å²) in [7, 11) is 1.32. The second-order valence-corrected chi connectivity index (χ2v) is 4.48. The summed E-state index contributed by atoms with van der Waals surface area (Å²) in [6.07, 6.45) is 2.27. The van der Waals surface area contributed by atoms with Gasteiger partial charge in [0.1, 0.15) is 6.04 Å². The third-order valence-corrected chi connectivity index (χ3v) is 2.83. The molecule has 1 rings (SSSR count). The summed E-state index contributed by atoms with van der Waals surface area (Å²) in [5, 5.41) is 0.490. The Kier molecular flexibility index (Phi) is 5.67. The number of carbonyl (C=O) groups is 1. The highest BCUT2D eigenvalue weighted by molar-refractivity contribution is 8.13. The van der Waals surface area contributed by atoms with E-state index >= 15 is 0 Å². The molecule has 0 saturated heterocycles. The molecule has 0 aromatic heterocycles. The van der Waals surface area contributed by atoms with E-state index in [9.17, 15) is 4.79 Å². The Morgan fingerprint density at radius 2 is 2.28 bits per heavy atom. The van der Waals surface area contributed by atoms with Crippen molar-refractivity contribution >= 4 is 28.6 Å². The van der Waals surface area contributed by atoms with Crippen LogP contribution in [0, 0.1) is 0 Å². The molecule has 1 atom stereocenters. The van der Waals surface area contributed by atoms with Crippen molar-refractivity contribution in [3.63, 3.8) is 0 Å². The van der Waals surface area contributed by atoms with Crippen LogP contribution in [0.3, 0.4) is 0 Å². The van der Waals surface area contributed by atoms with E-state index in [4.69, 9.17) is 11.5 Å². The smallest absolute Gasteiger partial charge is 0.322 e. The van der Waals surface area contributed by atoms with Crippen molar-refractivity contribution in [2.24, 2.45) is 16.5 Å². The Labute approximate surface area is 111 Å². The van der Waals surface area contributed by atoms with Crippen molar-refractivity contribution in [1.29, 1.82) is 0 Å². The molecule has 98 valence electrons. The van der Waals surface area contributed by atoms with E-state index in [1.54, 1.807) is 0 Å². The third kappa shape index (κ3) is 4.38. The number of methoxy groups -OCH3 is 1. The van der Waals surface area contributed by atoms with E-state index in [0.29, 0.717) is 11.6 Å². The number of carbonyl (C=O) groups excluding carboxylic acids is 1. The molecule has 0 spiro atoms. The van der Waals surface area contributed by atoms with Crippen LogP contribution in [0.2, 0.25) is 0 Å². The Morgan fingerprint density at radius 3 is 2.89 bits per heavy atom. The number of hydrogen-bond donors (Lipinski definition) is 2. The van der Waals surface area contributed by atoms with E-state index in [1.807, 2.05) is 30.5 Å². The van der Waals surface area contributed by atoms with Crippen molar-refractivity contribution in [2.45, 2.75) is 12.5 Å². The maximum absolute atomic E-state index is 11.2. The van der Waals surface area contributed by atoms with Crippen molar-refractivity contribution in [2.75, 3.05) is 13.4 Å². The van der Waals surface area contributed by atoms with E-state index in [0.717, 1.165) is 11.3 Å². The van der Waals surface area contributed by atoms with Gasteiger partial charge in [-0.05, 0) is 30.4 Å². The number of ether oxygens (including phenoxy) is 1. The normalized spacial score (nSPS) is 13.2. The Morgan fingerprint density at radius 1 is 1.56 bits per heavy atom. The molecule has 6 heteroatoms. The molecular weight excluding hydrogens is 250 g/mol. The number of aliphatic imine (C=N–C) groups is 1. The maximum Gasteiger partial charge on any atom is 0.322 e. The molecular formula is C12H17N3O2S. The molecule has 0 aliphatic heterocycles. The summed E-state index contributed by atoms with van der Waals surface area (Å²) < 4.78 is 4.58. The van der Waals surface area contributed by atoms with Gasteiger partial charge < -0.3 is 16.2 Å². The third-order valence-electron chi connectivity index (χ3n) is 2.32. The van der Waals surface area contributed by atoms with Crippen LogP contribution in [0.15, 0.2) is 29.3 Å². The second-order valence-electron chi connectivity index (χ2n) is 3.66. The van der Waals surface area contributed by atoms with Gasteiger partial charge in [0.2, 0.25) is 0 Å². The number of rotatable bonds is 4. The monoisotopic (exact) mass is 267 g/mol. The first kappa shape index (κ1) is 14.5. The maximum atomic E-state index is 11.2. The summed E-state index contributed by atoms with van der Waals surface area (Å²) in [6, 6.07) is 6.78. The predicted octanol–water partition coefficient (Wildman–Crippen LogP) is 1.04. The number of hydrogen-bond acceptors (Lipinski definition) is 5. The molecule has 0 heterocycles. The molecule has 1 aromatic rings. The van der Waals surface area contributed by atoms with Gasteiger partial charge in [-0.1, -0.05) is 23.9 Å². The van der Waals surface area contributed by atoms with Crippen LogP contribution in [-0.4, -0.2) is 30.5 Å². The zero-order chi connectivity index (χ0) is 13.5. The van der Waals surface area contributed by atoms with Crippen molar-refractivity contribution in [3.05, 3.63) is 29.8 Å². The van der Waals surface area contributed by atoms with E-state index in [2.05, 4.69) is 9.73 Å². The van der Waals surface area contributed by atoms with Crippen LogP contribution in [0.25, 0.3) is 0 Å². The number of thioether (sulfide) groups is 1. The van der Waals surface area contributed by atoms with Gasteiger partial charge in [-0.15, -0.1) is 0 Å². The first-order valence-electron chi connectivity index (χ1n) is 5.37. The van der Waals surface area contributed by atoms with E-state index in [-0.39, 0.29) is 0 Å². The van der Waals surface area contributed by atoms with Crippen LogP contribution in [0.5, 0.6) is 0 Å². The highest BCUT2D eigenvalue weighted by Crippen LogP contribution is 2.16. The fourth-order valence-corrected chi connectivity index (χ4v) is 1.61. The predicted molar refractivity (Wildman–Crippen MR) is 74.9 cm³/mol. The van der Waals surface area contributed by atoms with Crippen molar-refractivity contribution < 1.29 is 9.53 Å². The largest absolute Gasteiger partial charge is 0.468 e. The summed E-state index contributed by atoms with van der Waals surface area (Å²) in [5.41, 5.74) is 13.0. The fraction of sp³-hybridized carbons (Fsp3) is 0.333. The Bertz CT molecular complexity index is 449. The minimum atomic E-state index is -0.660. The molecule has 5 nitrogen and oxygen atoms in total. The molecule has 0 fully saturated rings. The van der Waals surface area contributed by atoms with Gasteiger partial charge in [0, 0.05) is 0 Å². The average Bonchev–Trinajstić information content (AvgIpc) is 2.37. The van der Waals surface area contributed by atoms with Gasteiger partial charge in [-0.25, -0.2) is 4.99 Å². The molecule has 1 aromatic carbocycles. The quantitative estimate of drug-likeness (QED) is 0.483. The molecule has 1 unspecified atom stereocenters. The standard InChI is InChI=1S/C12H17N3O2S/c1-17-11(16)10(13)7-8-4-3-5-9(6-8)15-12(14)18-2/h3-6,10H,7,13H2,1-2H3,(H2,14,15). The van der Waals surface area contributed by atoms with Crippen LogP contribution in [0.4, 0.5) is 5.69 Å². The summed E-state index contributed by atoms with van der Waals surface area (Å²) in [6.45, 7) is 0. The number of amidine groups is 1. The minimum Gasteiger partial charge on any atom is -0.468 e. The van der Waals surface area contributed by atoms with Gasteiger partial charge in [0.05, 0.1) is 12.8 Å². The topological polar surface area (TPSA) is 90.7 Å². The number of nitrogens with zero attached hydrogens (tertiary/aromatic N) is 1.